The Morgan fingerprint density at radius 1 is 1.08 bits per heavy atom. The fraction of sp³-hybridized carbons (Fsp3) is 0.222. The molecule has 0 spiro atoms. The summed E-state index contributed by atoms with van der Waals surface area (Å²) in [5.41, 5.74) is 0.226. The highest BCUT2D eigenvalue weighted by atomic mass is 35.5. The molecule has 0 saturated carbocycles. The average Bonchev–Trinajstić information content (AvgIpc) is 2.58. The molecule has 0 bridgehead atoms. The van der Waals surface area contributed by atoms with Gasteiger partial charge in [0.25, 0.3) is 5.91 Å². The minimum atomic E-state index is -1.07. The Balaban J connectivity index is 1.90. The van der Waals surface area contributed by atoms with Gasteiger partial charge in [-0.05, 0) is 44.2 Å². The summed E-state index contributed by atoms with van der Waals surface area (Å²) in [7, 11) is 0. The molecule has 5 nitrogen and oxygen atoms in total. The Morgan fingerprint density at radius 2 is 1.76 bits per heavy atom. The summed E-state index contributed by atoms with van der Waals surface area (Å²) in [6, 6.07) is 12.3. The number of nitrogens with one attached hydrogen (secondary N) is 1. The molecule has 2 atom stereocenters. The number of para-hydroxylation sites is 1. The van der Waals surface area contributed by atoms with Crippen molar-refractivity contribution in [1.29, 1.82) is 0 Å². The molecule has 0 aliphatic rings. The zero-order valence-electron chi connectivity index (χ0n) is 13.7. The third kappa shape index (κ3) is 5.46. The maximum atomic E-state index is 13.0. The number of anilines is 1. The van der Waals surface area contributed by atoms with Gasteiger partial charge >= 0.3 is 5.97 Å². The summed E-state index contributed by atoms with van der Waals surface area (Å²) in [4.78, 5) is 24.1. The van der Waals surface area contributed by atoms with Gasteiger partial charge in [-0.1, -0.05) is 29.8 Å². The smallest absolute Gasteiger partial charge is 0.347 e. The van der Waals surface area contributed by atoms with E-state index < -0.39 is 29.9 Å². The number of amides is 1. The van der Waals surface area contributed by atoms with Gasteiger partial charge in [0.2, 0.25) is 0 Å². The van der Waals surface area contributed by atoms with Crippen LogP contribution < -0.4 is 10.1 Å². The van der Waals surface area contributed by atoms with E-state index in [1.807, 2.05) is 6.07 Å². The SMILES string of the molecule is C[C@H](OC(=O)[C@@H](C)Oc1ccccc1)C(=O)Nc1ccc(F)cc1Cl. The highest BCUT2D eigenvalue weighted by Crippen LogP contribution is 2.22. The quantitative estimate of drug-likeness (QED) is 0.790. The summed E-state index contributed by atoms with van der Waals surface area (Å²) in [6.07, 6.45) is -1.96. The summed E-state index contributed by atoms with van der Waals surface area (Å²) in [6.45, 7) is 2.94. The minimum absolute atomic E-state index is 0.0488. The van der Waals surface area contributed by atoms with Gasteiger partial charge in [-0.3, -0.25) is 4.79 Å². The molecule has 0 aromatic heterocycles. The van der Waals surface area contributed by atoms with Crippen molar-refractivity contribution in [3.63, 3.8) is 0 Å². The van der Waals surface area contributed by atoms with Gasteiger partial charge in [0.15, 0.2) is 12.2 Å². The first-order chi connectivity index (χ1) is 11.9. The lowest BCUT2D eigenvalue weighted by Gasteiger charge is -2.18. The number of carbonyl (C=O) groups excluding carboxylic acids is 2. The average molecular weight is 366 g/mol. The van der Waals surface area contributed by atoms with Gasteiger partial charge in [0, 0.05) is 0 Å². The fourth-order valence-corrected chi connectivity index (χ4v) is 2.11. The van der Waals surface area contributed by atoms with Crippen LogP contribution in [0.4, 0.5) is 10.1 Å². The molecule has 0 heterocycles. The molecule has 0 saturated heterocycles. The van der Waals surface area contributed by atoms with Crippen LogP contribution in [0.15, 0.2) is 48.5 Å². The topological polar surface area (TPSA) is 64.6 Å². The first-order valence-electron chi connectivity index (χ1n) is 7.55. The van der Waals surface area contributed by atoms with E-state index in [1.165, 1.54) is 19.9 Å². The van der Waals surface area contributed by atoms with E-state index in [0.29, 0.717) is 5.75 Å². The molecule has 25 heavy (non-hydrogen) atoms. The fourth-order valence-electron chi connectivity index (χ4n) is 1.90. The van der Waals surface area contributed by atoms with Crippen LogP contribution in [0.3, 0.4) is 0 Å². The van der Waals surface area contributed by atoms with Crippen molar-refractivity contribution in [3.05, 3.63) is 59.4 Å². The van der Waals surface area contributed by atoms with Gasteiger partial charge in [0.05, 0.1) is 10.7 Å². The summed E-state index contributed by atoms with van der Waals surface area (Å²) in [5, 5.41) is 2.52. The Morgan fingerprint density at radius 3 is 2.40 bits per heavy atom. The highest BCUT2D eigenvalue weighted by Gasteiger charge is 2.23. The van der Waals surface area contributed by atoms with Crippen LogP contribution in [0.5, 0.6) is 5.75 Å². The highest BCUT2D eigenvalue weighted by molar-refractivity contribution is 6.33. The van der Waals surface area contributed by atoms with E-state index in [2.05, 4.69) is 5.32 Å². The number of halogens is 2. The molecule has 0 aliphatic carbocycles. The summed E-state index contributed by atoms with van der Waals surface area (Å²) < 4.78 is 23.5. The molecule has 0 fully saturated rings. The van der Waals surface area contributed by atoms with Crippen LogP contribution in [0.25, 0.3) is 0 Å². The largest absolute Gasteiger partial charge is 0.479 e. The summed E-state index contributed by atoms with van der Waals surface area (Å²) >= 11 is 5.84. The van der Waals surface area contributed by atoms with E-state index in [1.54, 1.807) is 24.3 Å². The molecule has 0 radical (unpaired) electrons. The van der Waals surface area contributed by atoms with Crippen molar-refractivity contribution in [2.45, 2.75) is 26.1 Å². The molecular weight excluding hydrogens is 349 g/mol. The standard InChI is InChI=1S/C18H17ClFNO4/c1-11(17(22)21-16-9-8-13(20)10-15(16)19)25-18(23)12(2)24-14-6-4-3-5-7-14/h3-12H,1-2H3,(H,21,22)/t11-,12+/m0/s1. The number of esters is 1. The first-order valence-corrected chi connectivity index (χ1v) is 7.92. The number of hydrogen-bond donors (Lipinski definition) is 1. The Kier molecular flexibility index (Phi) is 6.36. The van der Waals surface area contributed by atoms with Crippen LogP contribution in [-0.2, 0) is 14.3 Å². The van der Waals surface area contributed by atoms with E-state index >= 15 is 0 Å². The molecule has 0 aliphatic heterocycles. The molecule has 2 aromatic carbocycles. The lowest BCUT2D eigenvalue weighted by molar-refractivity contribution is -0.159. The van der Waals surface area contributed by atoms with Gasteiger partial charge in [-0.2, -0.15) is 0 Å². The van der Waals surface area contributed by atoms with E-state index in [-0.39, 0.29) is 10.7 Å². The zero-order chi connectivity index (χ0) is 18.4. The number of benzene rings is 2. The van der Waals surface area contributed by atoms with Gasteiger partial charge < -0.3 is 14.8 Å². The van der Waals surface area contributed by atoms with E-state index in [4.69, 9.17) is 21.1 Å². The third-order valence-corrected chi connectivity index (χ3v) is 3.55. The molecule has 0 unspecified atom stereocenters. The van der Waals surface area contributed by atoms with Crippen LogP contribution >= 0.6 is 11.6 Å². The van der Waals surface area contributed by atoms with Crippen molar-refractivity contribution in [2.24, 2.45) is 0 Å². The van der Waals surface area contributed by atoms with Gasteiger partial charge in [0.1, 0.15) is 11.6 Å². The second-order valence-electron chi connectivity index (χ2n) is 5.27. The lowest BCUT2D eigenvalue weighted by Crippen LogP contribution is -2.35. The molecule has 2 aromatic rings. The van der Waals surface area contributed by atoms with Crippen LogP contribution in [0, 0.1) is 5.82 Å². The zero-order valence-corrected chi connectivity index (χ0v) is 14.4. The predicted octanol–water partition coefficient (Wildman–Crippen LogP) is 3.82. The maximum absolute atomic E-state index is 13.0. The second kappa shape index (κ2) is 8.48. The van der Waals surface area contributed by atoms with Crippen molar-refractivity contribution in [1.82, 2.24) is 0 Å². The van der Waals surface area contributed by atoms with Crippen molar-refractivity contribution >= 4 is 29.2 Å². The molecule has 7 heteroatoms. The monoisotopic (exact) mass is 365 g/mol. The van der Waals surface area contributed by atoms with Crippen molar-refractivity contribution in [3.8, 4) is 5.75 Å². The summed E-state index contributed by atoms with van der Waals surface area (Å²) in [5.74, 6) is -1.28. The van der Waals surface area contributed by atoms with E-state index in [0.717, 1.165) is 12.1 Å². The molecule has 1 amide bonds. The molecular formula is C18H17ClFNO4. The Bertz CT molecular complexity index is 754. The number of ether oxygens (including phenoxy) is 2. The number of rotatable bonds is 6. The third-order valence-electron chi connectivity index (χ3n) is 3.24. The van der Waals surface area contributed by atoms with Crippen molar-refractivity contribution < 1.29 is 23.5 Å². The van der Waals surface area contributed by atoms with Crippen LogP contribution in [0.1, 0.15) is 13.8 Å². The van der Waals surface area contributed by atoms with E-state index in [9.17, 15) is 14.0 Å². The van der Waals surface area contributed by atoms with Crippen LogP contribution in [-0.4, -0.2) is 24.1 Å². The normalized spacial score (nSPS) is 12.8. The van der Waals surface area contributed by atoms with Gasteiger partial charge in [-0.25, -0.2) is 9.18 Å². The number of carbonyl (C=O) groups is 2. The maximum Gasteiger partial charge on any atom is 0.347 e. The predicted molar refractivity (Wildman–Crippen MR) is 92.1 cm³/mol. The number of hydrogen-bond acceptors (Lipinski definition) is 4. The molecule has 1 N–H and O–H groups in total. The Hall–Kier alpha value is -2.60. The molecule has 132 valence electrons. The Labute approximate surface area is 149 Å². The minimum Gasteiger partial charge on any atom is -0.479 e. The van der Waals surface area contributed by atoms with Crippen LogP contribution in [0.2, 0.25) is 5.02 Å². The van der Waals surface area contributed by atoms with Gasteiger partial charge in [-0.15, -0.1) is 0 Å². The first kappa shape index (κ1) is 18.7. The molecule has 2 rings (SSSR count). The van der Waals surface area contributed by atoms with Crippen molar-refractivity contribution in [2.75, 3.05) is 5.32 Å². The lowest BCUT2D eigenvalue weighted by atomic mass is 10.3. The second-order valence-corrected chi connectivity index (χ2v) is 5.67.